The summed E-state index contributed by atoms with van der Waals surface area (Å²) in [6.45, 7) is 9.30. The minimum Gasteiger partial charge on any atom is -0.296 e. The number of hydrogen-bond donors (Lipinski definition) is 0. The van der Waals surface area contributed by atoms with Gasteiger partial charge in [-0.15, -0.1) is 5.10 Å². The third-order valence-corrected chi connectivity index (χ3v) is 2.81. The molecule has 0 radical (unpaired) electrons. The van der Waals surface area contributed by atoms with E-state index in [9.17, 15) is 4.79 Å². The van der Waals surface area contributed by atoms with Crippen LogP contribution in [-0.4, -0.2) is 21.3 Å². The Kier molecular flexibility index (Phi) is 4.85. The van der Waals surface area contributed by atoms with Gasteiger partial charge in [0.05, 0.1) is 5.69 Å². The monoisotopic (exact) mass is 237 g/mol. The third-order valence-electron chi connectivity index (χ3n) is 2.81. The molecule has 4 heteroatoms. The van der Waals surface area contributed by atoms with Gasteiger partial charge in [0.1, 0.15) is 5.69 Å². The van der Waals surface area contributed by atoms with E-state index in [1.807, 2.05) is 4.68 Å². The van der Waals surface area contributed by atoms with E-state index < -0.39 is 0 Å². The van der Waals surface area contributed by atoms with Crippen LogP contribution in [0, 0.1) is 0 Å². The molecule has 0 N–H and O–H groups in total. The highest BCUT2D eigenvalue weighted by Crippen LogP contribution is 2.24. The van der Waals surface area contributed by atoms with E-state index in [2.05, 4.69) is 38.0 Å². The van der Waals surface area contributed by atoms with Crippen molar-refractivity contribution in [3.63, 3.8) is 0 Å². The van der Waals surface area contributed by atoms with E-state index in [1.165, 1.54) is 19.3 Å². The Hall–Kier alpha value is -1.19. The Morgan fingerprint density at radius 3 is 2.47 bits per heavy atom. The number of rotatable bonds is 6. The lowest BCUT2D eigenvalue weighted by molar-refractivity contribution is 0.111. The van der Waals surface area contributed by atoms with Crippen molar-refractivity contribution < 1.29 is 4.79 Å². The van der Waals surface area contributed by atoms with Crippen LogP contribution in [0.5, 0.6) is 0 Å². The van der Waals surface area contributed by atoms with Gasteiger partial charge in [-0.05, 0) is 6.42 Å². The predicted octanol–water partition coefficient (Wildman–Crippen LogP) is 2.97. The van der Waals surface area contributed by atoms with Gasteiger partial charge in [-0.25, -0.2) is 4.68 Å². The van der Waals surface area contributed by atoms with Gasteiger partial charge in [0, 0.05) is 12.0 Å². The topological polar surface area (TPSA) is 47.8 Å². The van der Waals surface area contributed by atoms with Crippen LogP contribution >= 0.6 is 0 Å². The fourth-order valence-electron chi connectivity index (χ4n) is 2.02. The molecule has 1 aromatic rings. The van der Waals surface area contributed by atoms with Gasteiger partial charge in [0.15, 0.2) is 6.29 Å². The van der Waals surface area contributed by atoms with Gasteiger partial charge in [-0.2, -0.15) is 0 Å². The molecule has 0 atom stereocenters. The van der Waals surface area contributed by atoms with Crippen molar-refractivity contribution in [2.75, 3.05) is 0 Å². The molecule has 0 aliphatic heterocycles. The molecule has 1 rings (SSSR count). The smallest absolute Gasteiger partial charge is 0.172 e. The number of carbonyl (C=O) groups excluding carboxylic acids is 1. The normalized spacial score (nSPS) is 11.8. The van der Waals surface area contributed by atoms with Gasteiger partial charge < -0.3 is 0 Å². The number of aryl methyl sites for hydroxylation is 1. The van der Waals surface area contributed by atoms with Crippen molar-refractivity contribution >= 4 is 6.29 Å². The van der Waals surface area contributed by atoms with Crippen LogP contribution in [0.15, 0.2) is 0 Å². The second kappa shape index (κ2) is 5.94. The number of aldehydes is 1. The second-order valence-corrected chi connectivity index (χ2v) is 5.47. The molecular formula is C13H23N3O. The minimum atomic E-state index is -0.0928. The zero-order valence-electron chi connectivity index (χ0n) is 11.4. The molecule has 0 spiro atoms. The first-order valence-corrected chi connectivity index (χ1v) is 6.39. The summed E-state index contributed by atoms with van der Waals surface area (Å²) in [4.78, 5) is 10.9. The molecule has 1 aromatic heterocycles. The van der Waals surface area contributed by atoms with Crippen LogP contribution in [-0.2, 0) is 12.0 Å². The Morgan fingerprint density at radius 2 is 1.94 bits per heavy atom. The van der Waals surface area contributed by atoms with E-state index >= 15 is 0 Å². The first-order valence-electron chi connectivity index (χ1n) is 6.39. The number of unbranched alkanes of at least 4 members (excludes halogenated alkanes) is 3. The fraction of sp³-hybridized carbons (Fsp3) is 0.769. The number of aromatic nitrogens is 3. The van der Waals surface area contributed by atoms with Crippen LogP contribution < -0.4 is 0 Å². The average Bonchev–Trinajstić information content (AvgIpc) is 2.67. The van der Waals surface area contributed by atoms with Crippen molar-refractivity contribution in [3.05, 3.63) is 11.4 Å². The van der Waals surface area contributed by atoms with Crippen molar-refractivity contribution in [3.8, 4) is 0 Å². The van der Waals surface area contributed by atoms with Gasteiger partial charge >= 0.3 is 0 Å². The third kappa shape index (κ3) is 3.65. The lowest BCUT2D eigenvalue weighted by Crippen LogP contribution is -2.20. The van der Waals surface area contributed by atoms with Crippen LogP contribution in [0.3, 0.4) is 0 Å². The maximum absolute atomic E-state index is 10.9. The average molecular weight is 237 g/mol. The standard InChI is InChI=1S/C13H23N3O/c1-5-6-7-8-9-16-12(13(2,3)4)11(10-17)14-15-16/h10H,5-9H2,1-4H3. The molecule has 0 aromatic carbocycles. The molecule has 0 aliphatic rings. The summed E-state index contributed by atoms with van der Waals surface area (Å²) in [7, 11) is 0. The van der Waals surface area contributed by atoms with Gasteiger partial charge in [0.2, 0.25) is 0 Å². The summed E-state index contributed by atoms with van der Waals surface area (Å²) in [5.74, 6) is 0. The lowest BCUT2D eigenvalue weighted by atomic mass is 9.90. The highest BCUT2D eigenvalue weighted by Gasteiger charge is 2.24. The van der Waals surface area contributed by atoms with E-state index in [4.69, 9.17) is 0 Å². The largest absolute Gasteiger partial charge is 0.296 e. The maximum atomic E-state index is 10.9. The van der Waals surface area contributed by atoms with Gasteiger partial charge in [-0.1, -0.05) is 52.2 Å². The molecule has 0 saturated heterocycles. The fourth-order valence-corrected chi connectivity index (χ4v) is 2.02. The zero-order chi connectivity index (χ0) is 12.9. The molecule has 1 heterocycles. The van der Waals surface area contributed by atoms with Crippen molar-refractivity contribution in [1.29, 1.82) is 0 Å². The van der Waals surface area contributed by atoms with E-state index in [1.54, 1.807) is 0 Å². The Morgan fingerprint density at radius 1 is 1.24 bits per heavy atom. The van der Waals surface area contributed by atoms with Gasteiger partial charge in [-0.3, -0.25) is 4.79 Å². The summed E-state index contributed by atoms with van der Waals surface area (Å²) >= 11 is 0. The molecule has 0 saturated carbocycles. The van der Waals surface area contributed by atoms with E-state index in [0.717, 1.165) is 24.9 Å². The van der Waals surface area contributed by atoms with Gasteiger partial charge in [0.25, 0.3) is 0 Å². The molecule has 0 fully saturated rings. The van der Waals surface area contributed by atoms with Crippen molar-refractivity contribution in [2.24, 2.45) is 0 Å². The summed E-state index contributed by atoms with van der Waals surface area (Å²) in [6.07, 6.45) is 5.58. The minimum absolute atomic E-state index is 0.0928. The Bertz CT molecular complexity index is 363. The molecule has 17 heavy (non-hydrogen) atoms. The van der Waals surface area contributed by atoms with Crippen LogP contribution in [0.1, 0.15) is 69.6 Å². The summed E-state index contributed by atoms with van der Waals surface area (Å²) in [6, 6.07) is 0. The SMILES string of the molecule is CCCCCCn1nnc(C=O)c1C(C)(C)C. The number of hydrogen-bond acceptors (Lipinski definition) is 3. The second-order valence-electron chi connectivity index (χ2n) is 5.47. The summed E-state index contributed by atoms with van der Waals surface area (Å²) in [5.41, 5.74) is 1.34. The van der Waals surface area contributed by atoms with Crippen LogP contribution in [0.4, 0.5) is 0 Å². The lowest BCUT2D eigenvalue weighted by Gasteiger charge is -2.20. The summed E-state index contributed by atoms with van der Waals surface area (Å²) < 4.78 is 1.89. The quantitative estimate of drug-likeness (QED) is 0.564. The first kappa shape index (κ1) is 13.9. The summed E-state index contributed by atoms with van der Waals surface area (Å²) in [5, 5.41) is 8.03. The first-order chi connectivity index (χ1) is 8.00. The molecule has 0 amide bonds. The Balaban J connectivity index is 2.78. The van der Waals surface area contributed by atoms with Crippen molar-refractivity contribution in [1.82, 2.24) is 15.0 Å². The predicted molar refractivity (Wildman–Crippen MR) is 68.3 cm³/mol. The number of nitrogens with zero attached hydrogens (tertiary/aromatic N) is 3. The highest BCUT2D eigenvalue weighted by molar-refractivity contribution is 5.73. The molecule has 0 unspecified atom stereocenters. The number of carbonyl (C=O) groups is 1. The molecule has 0 bridgehead atoms. The zero-order valence-corrected chi connectivity index (χ0v) is 11.4. The highest BCUT2D eigenvalue weighted by atomic mass is 16.1. The molecular weight excluding hydrogens is 214 g/mol. The van der Waals surface area contributed by atoms with Crippen LogP contribution in [0.2, 0.25) is 0 Å². The molecule has 0 aliphatic carbocycles. The molecule has 96 valence electrons. The van der Waals surface area contributed by atoms with Crippen molar-refractivity contribution in [2.45, 2.75) is 65.3 Å². The Labute approximate surface area is 103 Å². The molecule has 4 nitrogen and oxygen atoms in total. The van der Waals surface area contributed by atoms with E-state index in [-0.39, 0.29) is 5.41 Å². The van der Waals surface area contributed by atoms with E-state index in [0.29, 0.717) is 5.69 Å². The maximum Gasteiger partial charge on any atom is 0.172 e. The van der Waals surface area contributed by atoms with Crippen LogP contribution in [0.25, 0.3) is 0 Å².